The molecule has 0 fully saturated rings. The normalized spacial score (nSPS) is 14.4. The average molecular weight is 493 g/mol. The lowest BCUT2D eigenvalue weighted by Gasteiger charge is -2.25. The maximum atomic E-state index is 12.9. The van der Waals surface area contributed by atoms with Crippen LogP contribution >= 0.6 is 11.8 Å². The number of nitrogens with one attached hydrogen (secondary N) is 3. The number of nitrogens with two attached hydrogens (primary N) is 3. The number of hydrogen-bond donors (Lipinski definition) is 8. The van der Waals surface area contributed by atoms with E-state index in [1.807, 2.05) is 6.26 Å². The molecule has 4 unspecified atom stereocenters. The topological polar surface area (TPSA) is 240 Å². The number of amides is 4. The van der Waals surface area contributed by atoms with Crippen molar-refractivity contribution >= 4 is 41.4 Å². The summed E-state index contributed by atoms with van der Waals surface area (Å²) in [5.41, 5.74) is 16.5. The van der Waals surface area contributed by atoms with Gasteiger partial charge in [0.2, 0.25) is 23.6 Å². The number of aliphatic hydroxyl groups is 1. The summed E-state index contributed by atoms with van der Waals surface area (Å²) in [6.45, 7) is -0.486. The first-order valence-electron chi connectivity index (χ1n) is 10.5. The lowest BCUT2D eigenvalue weighted by Crippen LogP contribution is -2.57. The number of rotatable bonds is 18. The minimum absolute atomic E-state index is 0.207. The molecule has 11 N–H and O–H groups in total. The van der Waals surface area contributed by atoms with Crippen molar-refractivity contribution in [2.75, 3.05) is 25.2 Å². The molecule has 0 heterocycles. The van der Waals surface area contributed by atoms with Gasteiger partial charge in [0.05, 0.1) is 12.6 Å². The number of primary amides is 1. The van der Waals surface area contributed by atoms with E-state index in [4.69, 9.17) is 27.4 Å². The van der Waals surface area contributed by atoms with E-state index in [0.29, 0.717) is 31.6 Å². The quantitative estimate of drug-likeness (QED) is 0.0901. The van der Waals surface area contributed by atoms with Crippen LogP contribution in [-0.2, 0) is 24.0 Å². The maximum Gasteiger partial charge on any atom is 0.328 e. The Morgan fingerprint density at radius 2 is 1.42 bits per heavy atom. The average Bonchev–Trinajstić information content (AvgIpc) is 2.76. The predicted octanol–water partition coefficient (Wildman–Crippen LogP) is -3.01. The standard InChI is InChI=1S/C19H36N6O7S/c1-33-9-7-11(21)16(28)23-12(4-2-3-8-20)17(29)24-13(5-6-15(22)27)18(30)25-14(10-26)19(31)32/h11-14,26H,2-10,20-21H2,1H3,(H2,22,27)(H,23,28)(H,24,29)(H,25,30)(H,31,32). The number of aliphatic carboxylic acids is 1. The molecule has 190 valence electrons. The molecule has 0 rings (SSSR count). The van der Waals surface area contributed by atoms with Crippen molar-refractivity contribution < 1.29 is 34.2 Å². The second kappa shape index (κ2) is 17.1. The fourth-order valence-electron chi connectivity index (χ4n) is 2.70. The third kappa shape index (κ3) is 13.0. The number of carbonyl (C=O) groups is 5. The van der Waals surface area contributed by atoms with E-state index in [-0.39, 0.29) is 19.3 Å². The Morgan fingerprint density at radius 1 is 0.879 bits per heavy atom. The summed E-state index contributed by atoms with van der Waals surface area (Å²) in [5, 5.41) is 25.2. The molecule has 0 bridgehead atoms. The first kappa shape index (κ1) is 30.6. The second-order valence-corrected chi connectivity index (χ2v) is 8.37. The molecule has 0 aliphatic rings. The predicted molar refractivity (Wildman–Crippen MR) is 123 cm³/mol. The van der Waals surface area contributed by atoms with Crippen LogP contribution in [0.3, 0.4) is 0 Å². The molecule has 0 aromatic rings. The van der Waals surface area contributed by atoms with E-state index in [1.165, 1.54) is 11.8 Å². The van der Waals surface area contributed by atoms with Gasteiger partial charge in [-0.15, -0.1) is 0 Å². The van der Waals surface area contributed by atoms with Crippen LogP contribution in [0.25, 0.3) is 0 Å². The van der Waals surface area contributed by atoms with Gasteiger partial charge in [-0.25, -0.2) is 4.79 Å². The fourth-order valence-corrected chi connectivity index (χ4v) is 3.19. The Morgan fingerprint density at radius 3 is 1.91 bits per heavy atom. The smallest absolute Gasteiger partial charge is 0.328 e. The van der Waals surface area contributed by atoms with Crippen LogP contribution in [0.1, 0.15) is 38.5 Å². The van der Waals surface area contributed by atoms with E-state index in [1.54, 1.807) is 0 Å². The van der Waals surface area contributed by atoms with Gasteiger partial charge in [0.15, 0.2) is 0 Å². The largest absolute Gasteiger partial charge is 0.480 e. The third-order valence-corrected chi connectivity index (χ3v) is 5.30. The van der Waals surface area contributed by atoms with Crippen LogP contribution in [0.5, 0.6) is 0 Å². The van der Waals surface area contributed by atoms with E-state index in [2.05, 4.69) is 16.0 Å². The molecule has 4 amide bonds. The van der Waals surface area contributed by atoms with Crippen molar-refractivity contribution in [2.45, 2.75) is 62.7 Å². The molecule has 0 spiro atoms. The Balaban J connectivity index is 5.43. The summed E-state index contributed by atoms with van der Waals surface area (Å²) in [4.78, 5) is 60.1. The summed E-state index contributed by atoms with van der Waals surface area (Å²) < 4.78 is 0. The van der Waals surface area contributed by atoms with Crippen LogP contribution < -0.4 is 33.2 Å². The van der Waals surface area contributed by atoms with Gasteiger partial charge in [0.25, 0.3) is 0 Å². The zero-order valence-corrected chi connectivity index (χ0v) is 19.6. The van der Waals surface area contributed by atoms with E-state index in [9.17, 15) is 24.0 Å². The number of carboxylic acid groups (broad SMARTS) is 1. The van der Waals surface area contributed by atoms with Gasteiger partial charge in [0, 0.05) is 6.42 Å². The van der Waals surface area contributed by atoms with Gasteiger partial charge in [-0.2, -0.15) is 11.8 Å². The molecule has 0 aliphatic carbocycles. The molecule has 4 atom stereocenters. The van der Waals surface area contributed by atoms with Gasteiger partial charge in [0.1, 0.15) is 18.1 Å². The molecule has 13 nitrogen and oxygen atoms in total. The summed E-state index contributed by atoms with van der Waals surface area (Å²) in [6, 6.07) is -4.77. The van der Waals surface area contributed by atoms with Gasteiger partial charge in [-0.05, 0) is 50.7 Å². The highest BCUT2D eigenvalue weighted by Gasteiger charge is 2.30. The summed E-state index contributed by atoms with van der Waals surface area (Å²) in [6.07, 6.45) is 3.14. The van der Waals surface area contributed by atoms with E-state index < -0.39 is 60.4 Å². The highest BCUT2D eigenvalue weighted by Crippen LogP contribution is 2.06. The zero-order valence-electron chi connectivity index (χ0n) is 18.7. The molecule has 0 aliphatic heterocycles. The number of carbonyl (C=O) groups excluding carboxylic acids is 4. The Labute approximate surface area is 196 Å². The van der Waals surface area contributed by atoms with Crippen LogP contribution in [-0.4, -0.2) is 89.1 Å². The second-order valence-electron chi connectivity index (χ2n) is 7.38. The van der Waals surface area contributed by atoms with Crippen LogP contribution in [0.4, 0.5) is 0 Å². The lowest BCUT2D eigenvalue weighted by atomic mass is 10.0. The minimum atomic E-state index is -1.60. The van der Waals surface area contributed by atoms with Crippen LogP contribution in [0, 0.1) is 0 Å². The highest BCUT2D eigenvalue weighted by molar-refractivity contribution is 7.98. The fraction of sp³-hybridized carbons (Fsp3) is 0.737. The number of thioether (sulfide) groups is 1. The Hall–Kier alpha value is -2.42. The van der Waals surface area contributed by atoms with Crippen LogP contribution in [0.15, 0.2) is 0 Å². The number of carboxylic acids is 1. The summed E-state index contributed by atoms with van der Waals surface area (Å²) >= 11 is 1.52. The first-order valence-corrected chi connectivity index (χ1v) is 11.9. The highest BCUT2D eigenvalue weighted by atomic mass is 32.2. The first-order chi connectivity index (χ1) is 15.6. The Bertz CT molecular complexity index is 667. The van der Waals surface area contributed by atoms with E-state index >= 15 is 0 Å². The molecule has 33 heavy (non-hydrogen) atoms. The van der Waals surface area contributed by atoms with Gasteiger partial charge >= 0.3 is 5.97 Å². The van der Waals surface area contributed by atoms with Crippen molar-refractivity contribution in [2.24, 2.45) is 17.2 Å². The Kier molecular flexibility index (Phi) is 15.9. The van der Waals surface area contributed by atoms with Crippen molar-refractivity contribution in [3.05, 3.63) is 0 Å². The van der Waals surface area contributed by atoms with Crippen molar-refractivity contribution in [1.82, 2.24) is 16.0 Å². The lowest BCUT2D eigenvalue weighted by molar-refractivity contribution is -0.143. The third-order valence-electron chi connectivity index (χ3n) is 4.66. The van der Waals surface area contributed by atoms with Gasteiger partial charge in [-0.3, -0.25) is 19.2 Å². The molecule has 0 radical (unpaired) electrons. The van der Waals surface area contributed by atoms with Crippen LogP contribution in [0.2, 0.25) is 0 Å². The molecular formula is C19H36N6O7S. The van der Waals surface area contributed by atoms with Gasteiger partial charge in [-0.1, -0.05) is 0 Å². The van der Waals surface area contributed by atoms with Gasteiger partial charge < -0.3 is 43.4 Å². The van der Waals surface area contributed by atoms with Crippen molar-refractivity contribution in [1.29, 1.82) is 0 Å². The molecule has 14 heteroatoms. The molecule has 0 aromatic carbocycles. The van der Waals surface area contributed by atoms with E-state index in [0.717, 1.165) is 0 Å². The molecule has 0 saturated heterocycles. The molecular weight excluding hydrogens is 456 g/mol. The summed E-state index contributed by atoms with van der Waals surface area (Å²) in [5.74, 6) is -3.71. The number of aliphatic hydroxyl groups excluding tert-OH is 1. The SMILES string of the molecule is CSCCC(N)C(=O)NC(CCCCN)C(=O)NC(CCC(N)=O)C(=O)NC(CO)C(=O)O. The van der Waals surface area contributed by atoms with Crippen molar-refractivity contribution in [3.8, 4) is 0 Å². The monoisotopic (exact) mass is 492 g/mol. The minimum Gasteiger partial charge on any atom is -0.480 e. The number of hydrogen-bond acceptors (Lipinski definition) is 9. The summed E-state index contributed by atoms with van der Waals surface area (Å²) in [7, 11) is 0. The number of unbranched alkanes of at least 4 members (excludes halogenated alkanes) is 1. The molecule has 0 aromatic heterocycles. The van der Waals surface area contributed by atoms with Crippen molar-refractivity contribution in [3.63, 3.8) is 0 Å². The maximum absolute atomic E-state index is 12.9. The molecule has 0 saturated carbocycles. The zero-order chi connectivity index (χ0) is 25.4.